The third-order valence-electron chi connectivity index (χ3n) is 3.50. The molecule has 0 aliphatic carbocycles. The lowest BCUT2D eigenvalue weighted by Gasteiger charge is -2.31. The maximum Gasteiger partial charge on any atom is 0.195 e. The molecule has 1 atom stereocenters. The van der Waals surface area contributed by atoms with E-state index in [-0.39, 0.29) is 0 Å². The number of thiazole rings is 1. The van der Waals surface area contributed by atoms with Crippen LogP contribution in [-0.4, -0.2) is 54.1 Å². The standard InChI is InChI=1S/C14H25N5S/c1-5-18(11(2)10-17(3)4)13-12(6-7-15)19-8-9-20-14(19)16-13/h8-9,11H,5-7,10,15H2,1-4H3. The Hall–Kier alpha value is -1.11. The third kappa shape index (κ3) is 2.97. The molecule has 2 N–H and O–H groups in total. The predicted molar refractivity (Wildman–Crippen MR) is 86.9 cm³/mol. The van der Waals surface area contributed by atoms with Crippen LogP contribution < -0.4 is 10.6 Å². The van der Waals surface area contributed by atoms with E-state index in [1.807, 2.05) is 0 Å². The summed E-state index contributed by atoms with van der Waals surface area (Å²) in [5.41, 5.74) is 7.01. The Morgan fingerprint density at radius 1 is 1.45 bits per heavy atom. The van der Waals surface area contributed by atoms with Crippen molar-refractivity contribution >= 4 is 22.1 Å². The van der Waals surface area contributed by atoms with Crippen LogP contribution in [0.15, 0.2) is 11.6 Å². The van der Waals surface area contributed by atoms with Gasteiger partial charge >= 0.3 is 0 Å². The molecule has 0 aliphatic rings. The lowest BCUT2D eigenvalue weighted by Crippen LogP contribution is -2.40. The van der Waals surface area contributed by atoms with E-state index < -0.39 is 0 Å². The molecule has 0 bridgehead atoms. The minimum absolute atomic E-state index is 0.427. The minimum Gasteiger partial charge on any atom is -0.351 e. The van der Waals surface area contributed by atoms with Gasteiger partial charge in [-0.1, -0.05) is 0 Å². The molecule has 5 nitrogen and oxygen atoms in total. The summed E-state index contributed by atoms with van der Waals surface area (Å²) >= 11 is 1.68. The zero-order valence-corrected chi connectivity index (χ0v) is 13.7. The predicted octanol–water partition coefficient (Wildman–Crippen LogP) is 1.67. The van der Waals surface area contributed by atoms with E-state index >= 15 is 0 Å². The zero-order chi connectivity index (χ0) is 14.7. The SMILES string of the molecule is CCN(c1nc2sccn2c1CCN)C(C)CN(C)C. The van der Waals surface area contributed by atoms with Crippen molar-refractivity contribution in [2.45, 2.75) is 26.3 Å². The Morgan fingerprint density at radius 2 is 2.20 bits per heavy atom. The highest BCUT2D eigenvalue weighted by atomic mass is 32.1. The molecule has 112 valence electrons. The third-order valence-corrected chi connectivity index (χ3v) is 4.25. The van der Waals surface area contributed by atoms with Gasteiger partial charge in [-0.2, -0.15) is 0 Å². The van der Waals surface area contributed by atoms with Gasteiger partial charge in [0.15, 0.2) is 10.8 Å². The van der Waals surface area contributed by atoms with E-state index in [4.69, 9.17) is 10.7 Å². The molecule has 6 heteroatoms. The van der Waals surface area contributed by atoms with Crippen LogP contribution in [0.4, 0.5) is 5.82 Å². The number of imidazole rings is 1. The van der Waals surface area contributed by atoms with Crippen LogP contribution in [0.3, 0.4) is 0 Å². The van der Waals surface area contributed by atoms with Crippen LogP contribution in [0.25, 0.3) is 4.96 Å². The Bertz CT molecular complexity index is 545. The van der Waals surface area contributed by atoms with E-state index in [0.717, 1.165) is 30.3 Å². The van der Waals surface area contributed by atoms with Crippen LogP contribution in [-0.2, 0) is 6.42 Å². The van der Waals surface area contributed by atoms with Crippen molar-refractivity contribution in [2.24, 2.45) is 5.73 Å². The van der Waals surface area contributed by atoms with Crippen molar-refractivity contribution in [3.63, 3.8) is 0 Å². The van der Waals surface area contributed by atoms with Crippen LogP contribution in [0.1, 0.15) is 19.5 Å². The molecule has 2 aromatic heterocycles. The summed E-state index contributed by atoms with van der Waals surface area (Å²) < 4.78 is 2.18. The van der Waals surface area contributed by atoms with Gasteiger partial charge in [0.2, 0.25) is 0 Å². The fourth-order valence-electron chi connectivity index (χ4n) is 2.72. The van der Waals surface area contributed by atoms with Gasteiger partial charge in [0.05, 0.1) is 5.69 Å². The molecule has 2 heterocycles. The summed E-state index contributed by atoms with van der Waals surface area (Å²) in [4.78, 5) is 10.5. The Morgan fingerprint density at radius 3 is 2.80 bits per heavy atom. The van der Waals surface area contributed by atoms with E-state index in [2.05, 4.69) is 53.7 Å². The van der Waals surface area contributed by atoms with E-state index in [1.54, 1.807) is 11.3 Å². The molecule has 0 spiro atoms. The van der Waals surface area contributed by atoms with Gasteiger partial charge in [0, 0.05) is 37.1 Å². The van der Waals surface area contributed by atoms with Crippen LogP contribution in [0.2, 0.25) is 0 Å². The van der Waals surface area contributed by atoms with Crippen molar-refractivity contribution in [2.75, 3.05) is 38.6 Å². The number of nitrogens with two attached hydrogens (primary N) is 1. The maximum absolute atomic E-state index is 5.78. The van der Waals surface area contributed by atoms with Gasteiger partial charge < -0.3 is 15.5 Å². The number of hydrogen-bond acceptors (Lipinski definition) is 5. The summed E-state index contributed by atoms with van der Waals surface area (Å²) in [6, 6.07) is 0.427. The summed E-state index contributed by atoms with van der Waals surface area (Å²) in [6.45, 7) is 7.06. The number of hydrogen-bond donors (Lipinski definition) is 1. The molecule has 0 aliphatic heterocycles. The van der Waals surface area contributed by atoms with Crippen LogP contribution in [0, 0.1) is 0 Å². The average molecular weight is 295 g/mol. The van der Waals surface area contributed by atoms with Gasteiger partial charge in [-0.15, -0.1) is 11.3 Å². The monoisotopic (exact) mass is 295 g/mol. The van der Waals surface area contributed by atoms with Gasteiger partial charge in [-0.25, -0.2) is 4.98 Å². The van der Waals surface area contributed by atoms with Crippen molar-refractivity contribution in [1.82, 2.24) is 14.3 Å². The van der Waals surface area contributed by atoms with Gasteiger partial charge in [-0.05, 0) is 34.5 Å². The molecule has 0 saturated heterocycles. The van der Waals surface area contributed by atoms with Gasteiger partial charge in [0.25, 0.3) is 0 Å². The molecule has 20 heavy (non-hydrogen) atoms. The minimum atomic E-state index is 0.427. The van der Waals surface area contributed by atoms with Gasteiger partial charge in [-0.3, -0.25) is 4.40 Å². The highest BCUT2D eigenvalue weighted by Crippen LogP contribution is 2.26. The molecule has 0 aromatic carbocycles. The fraction of sp³-hybridized carbons (Fsp3) is 0.643. The highest BCUT2D eigenvalue weighted by molar-refractivity contribution is 7.15. The largest absolute Gasteiger partial charge is 0.351 e. The second-order valence-corrected chi connectivity index (χ2v) is 6.25. The quantitative estimate of drug-likeness (QED) is 0.844. The second-order valence-electron chi connectivity index (χ2n) is 5.37. The fourth-order valence-corrected chi connectivity index (χ4v) is 3.45. The topological polar surface area (TPSA) is 49.8 Å². The molecule has 0 radical (unpaired) electrons. The number of likely N-dealkylation sites (N-methyl/N-ethyl adjacent to an activating group) is 2. The van der Waals surface area contributed by atoms with Crippen molar-refractivity contribution in [3.8, 4) is 0 Å². The van der Waals surface area contributed by atoms with E-state index in [0.29, 0.717) is 12.6 Å². The molecule has 0 amide bonds. The Labute approximate surface area is 125 Å². The maximum atomic E-state index is 5.78. The summed E-state index contributed by atoms with van der Waals surface area (Å²) in [6.07, 6.45) is 2.95. The average Bonchev–Trinajstić information content (AvgIpc) is 2.93. The molecule has 0 saturated carbocycles. The first-order valence-corrected chi connectivity index (χ1v) is 8.02. The number of rotatable bonds is 7. The van der Waals surface area contributed by atoms with Crippen LogP contribution >= 0.6 is 11.3 Å². The molecule has 0 fully saturated rings. The lowest BCUT2D eigenvalue weighted by atomic mass is 10.2. The summed E-state index contributed by atoms with van der Waals surface area (Å²) in [5, 5.41) is 2.08. The Kier molecular flexibility index (Phi) is 5.01. The Balaban J connectivity index is 2.37. The van der Waals surface area contributed by atoms with Crippen molar-refractivity contribution in [3.05, 3.63) is 17.3 Å². The zero-order valence-electron chi connectivity index (χ0n) is 12.8. The first-order chi connectivity index (χ1) is 9.58. The van der Waals surface area contributed by atoms with Crippen molar-refractivity contribution < 1.29 is 0 Å². The van der Waals surface area contributed by atoms with Gasteiger partial charge in [0.1, 0.15) is 0 Å². The first kappa shape index (κ1) is 15.3. The second kappa shape index (κ2) is 6.56. The summed E-state index contributed by atoms with van der Waals surface area (Å²) in [5.74, 6) is 1.10. The number of nitrogens with zero attached hydrogens (tertiary/aromatic N) is 4. The highest BCUT2D eigenvalue weighted by Gasteiger charge is 2.21. The summed E-state index contributed by atoms with van der Waals surface area (Å²) in [7, 11) is 4.22. The molecule has 2 aromatic rings. The number of aromatic nitrogens is 2. The molecule has 1 unspecified atom stereocenters. The smallest absolute Gasteiger partial charge is 0.195 e. The molecular formula is C14H25N5S. The number of fused-ring (bicyclic) bond motifs is 1. The van der Waals surface area contributed by atoms with E-state index in [1.165, 1.54) is 5.69 Å². The molecule has 2 rings (SSSR count). The van der Waals surface area contributed by atoms with Crippen molar-refractivity contribution in [1.29, 1.82) is 0 Å². The van der Waals surface area contributed by atoms with E-state index in [9.17, 15) is 0 Å². The first-order valence-electron chi connectivity index (χ1n) is 7.14. The van der Waals surface area contributed by atoms with Crippen LogP contribution in [0.5, 0.6) is 0 Å². The normalized spacial score (nSPS) is 13.3. The lowest BCUT2D eigenvalue weighted by molar-refractivity contribution is 0.372. The number of anilines is 1. The molecular weight excluding hydrogens is 270 g/mol.